The molecule has 1 aromatic carbocycles. The molecule has 1 aromatic heterocycles. The minimum Gasteiger partial charge on any atom is -0.504 e. The highest BCUT2D eigenvalue weighted by molar-refractivity contribution is 6.30. The lowest BCUT2D eigenvalue weighted by molar-refractivity contribution is -0.141. The highest BCUT2D eigenvalue weighted by Gasteiger charge is 2.30. The van der Waals surface area contributed by atoms with Crippen molar-refractivity contribution in [2.45, 2.75) is 25.5 Å². The van der Waals surface area contributed by atoms with Crippen LogP contribution in [0, 0.1) is 0 Å². The van der Waals surface area contributed by atoms with E-state index in [-0.39, 0.29) is 17.8 Å². The van der Waals surface area contributed by atoms with Gasteiger partial charge >= 0.3 is 0 Å². The Kier molecular flexibility index (Phi) is 4.70. The number of benzene rings is 1. The quantitative estimate of drug-likeness (QED) is 0.874. The minimum absolute atomic E-state index is 0.0199. The van der Waals surface area contributed by atoms with E-state index in [0.29, 0.717) is 42.8 Å². The summed E-state index contributed by atoms with van der Waals surface area (Å²) in [4.78, 5) is 18.7. The number of carbonyl (C=O) groups excluding carboxylic acids is 1. The van der Waals surface area contributed by atoms with Crippen LogP contribution >= 0.6 is 11.6 Å². The summed E-state index contributed by atoms with van der Waals surface area (Å²) in [6, 6.07) is 7.05. The molecule has 6 nitrogen and oxygen atoms in total. The molecule has 0 unspecified atom stereocenters. The molecule has 1 saturated heterocycles. The van der Waals surface area contributed by atoms with Crippen molar-refractivity contribution in [1.29, 1.82) is 0 Å². The Morgan fingerprint density at radius 3 is 2.92 bits per heavy atom. The molecular weight excluding hydrogens is 356 g/mol. The number of phenolic OH excluding ortho intramolecular Hbond substituents is 1. The highest BCUT2D eigenvalue weighted by Crippen LogP contribution is 2.37. The first-order chi connectivity index (χ1) is 12.6. The van der Waals surface area contributed by atoms with Crippen LogP contribution in [0.25, 0.3) is 11.3 Å². The van der Waals surface area contributed by atoms with Crippen LogP contribution in [0.3, 0.4) is 0 Å². The van der Waals surface area contributed by atoms with Crippen molar-refractivity contribution in [2.24, 2.45) is 0 Å². The fourth-order valence-corrected chi connectivity index (χ4v) is 3.47. The van der Waals surface area contributed by atoms with Crippen LogP contribution in [-0.2, 0) is 16.1 Å². The van der Waals surface area contributed by atoms with Gasteiger partial charge in [-0.15, -0.1) is 0 Å². The molecule has 136 valence electrons. The molecule has 2 aromatic rings. The lowest BCUT2D eigenvalue weighted by Gasteiger charge is -2.23. The summed E-state index contributed by atoms with van der Waals surface area (Å²) < 4.78 is 11.2. The zero-order valence-corrected chi connectivity index (χ0v) is 14.9. The summed E-state index contributed by atoms with van der Waals surface area (Å²) in [6.45, 7) is 1.78. The van der Waals surface area contributed by atoms with E-state index in [1.807, 2.05) is 6.07 Å². The Bertz CT molecular complexity index is 819. The molecule has 0 aliphatic carbocycles. The van der Waals surface area contributed by atoms with Gasteiger partial charge in [0.05, 0.1) is 17.3 Å². The van der Waals surface area contributed by atoms with Crippen LogP contribution in [0.15, 0.2) is 30.5 Å². The Balaban J connectivity index is 1.65. The molecule has 2 aliphatic heterocycles. The SMILES string of the molecule is O=C([C@@H]1CCCO1)N1CCOc2c(O)cc(-c3ccc(Cl)cn3)cc2C1. The van der Waals surface area contributed by atoms with E-state index >= 15 is 0 Å². The number of carbonyl (C=O) groups is 1. The zero-order valence-electron chi connectivity index (χ0n) is 14.2. The Labute approximate surface area is 156 Å². The van der Waals surface area contributed by atoms with E-state index < -0.39 is 0 Å². The van der Waals surface area contributed by atoms with Crippen LogP contribution in [0.1, 0.15) is 18.4 Å². The van der Waals surface area contributed by atoms with Crippen molar-refractivity contribution in [3.05, 3.63) is 41.0 Å². The van der Waals surface area contributed by atoms with Crippen molar-refractivity contribution in [1.82, 2.24) is 9.88 Å². The maximum absolute atomic E-state index is 12.7. The first kappa shape index (κ1) is 17.1. The van der Waals surface area contributed by atoms with Crippen LogP contribution in [-0.4, -0.2) is 46.8 Å². The number of aromatic hydroxyl groups is 1. The maximum atomic E-state index is 12.7. The van der Waals surface area contributed by atoms with Gasteiger partial charge in [-0.2, -0.15) is 0 Å². The van der Waals surface area contributed by atoms with Crippen molar-refractivity contribution >= 4 is 17.5 Å². The zero-order chi connectivity index (χ0) is 18.1. The summed E-state index contributed by atoms with van der Waals surface area (Å²) in [5, 5.41) is 11.0. The van der Waals surface area contributed by atoms with Gasteiger partial charge in [0.25, 0.3) is 5.91 Å². The molecule has 0 saturated carbocycles. The predicted octanol–water partition coefficient (Wildman–Crippen LogP) is 3.01. The molecule has 4 rings (SSSR count). The number of phenols is 1. The molecule has 2 aliphatic rings. The van der Waals surface area contributed by atoms with E-state index in [0.717, 1.165) is 24.0 Å². The van der Waals surface area contributed by atoms with Gasteiger partial charge in [0.1, 0.15) is 12.7 Å². The number of nitrogens with zero attached hydrogens (tertiary/aromatic N) is 2. The maximum Gasteiger partial charge on any atom is 0.252 e. The van der Waals surface area contributed by atoms with E-state index in [2.05, 4.69) is 4.98 Å². The highest BCUT2D eigenvalue weighted by atomic mass is 35.5. The lowest BCUT2D eigenvalue weighted by atomic mass is 10.0. The number of rotatable bonds is 2. The van der Waals surface area contributed by atoms with E-state index in [1.165, 1.54) is 0 Å². The number of aromatic nitrogens is 1. The van der Waals surface area contributed by atoms with Crippen LogP contribution < -0.4 is 4.74 Å². The second-order valence-electron chi connectivity index (χ2n) is 6.46. The molecule has 1 amide bonds. The van der Waals surface area contributed by atoms with Gasteiger partial charge < -0.3 is 19.5 Å². The Hall–Kier alpha value is -2.31. The van der Waals surface area contributed by atoms with Gasteiger partial charge in [0.2, 0.25) is 0 Å². The van der Waals surface area contributed by atoms with Crippen LogP contribution in [0.4, 0.5) is 0 Å². The largest absolute Gasteiger partial charge is 0.504 e. The number of hydrogen-bond acceptors (Lipinski definition) is 5. The average molecular weight is 375 g/mol. The summed E-state index contributed by atoms with van der Waals surface area (Å²) >= 11 is 5.90. The number of halogens is 1. The second kappa shape index (κ2) is 7.13. The smallest absolute Gasteiger partial charge is 0.252 e. The van der Waals surface area contributed by atoms with Gasteiger partial charge in [-0.25, -0.2) is 0 Å². The van der Waals surface area contributed by atoms with Gasteiger partial charge in [-0.1, -0.05) is 11.6 Å². The Morgan fingerprint density at radius 1 is 1.31 bits per heavy atom. The standard InChI is InChI=1S/C19H19ClN2O4/c20-14-3-4-15(21-10-14)12-8-13-11-22(19(24)17-2-1-6-25-17)5-7-26-18(13)16(23)9-12/h3-4,8-10,17,23H,1-2,5-7,11H2/t17-/m0/s1. The normalized spacial score (nSPS) is 19.6. The molecule has 3 heterocycles. The third kappa shape index (κ3) is 3.34. The summed E-state index contributed by atoms with van der Waals surface area (Å²) in [6.07, 6.45) is 2.85. The molecule has 1 atom stereocenters. The molecule has 1 N–H and O–H groups in total. The monoisotopic (exact) mass is 374 g/mol. The lowest BCUT2D eigenvalue weighted by Crippen LogP contribution is -2.39. The van der Waals surface area contributed by atoms with Crippen molar-refractivity contribution in [3.63, 3.8) is 0 Å². The van der Waals surface area contributed by atoms with Gasteiger partial charge in [-0.05, 0) is 37.1 Å². The number of amides is 1. The minimum atomic E-state index is -0.369. The second-order valence-corrected chi connectivity index (χ2v) is 6.89. The molecule has 0 radical (unpaired) electrons. The van der Waals surface area contributed by atoms with Gasteiger partial charge in [0.15, 0.2) is 11.5 Å². The first-order valence-corrected chi connectivity index (χ1v) is 9.00. The summed E-state index contributed by atoms with van der Waals surface area (Å²) in [5.41, 5.74) is 2.18. The van der Waals surface area contributed by atoms with Gasteiger partial charge in [-0.3, -0.25) is 9.78 Å². The molecule has 0 bridgehead atoms. The number of pyridine rings is 1. The van der Waals surface area contributed by atoms with E-state index in [4.69, 9.17) is 21.1 Å². The number of hydrogen-bond donors (Lipinski definition) is 1. The predicted molar refractivity (Wildman–Crippen MR) is 96.2 cm³/mol. The van der Waals surface area contributed by atoms with Crippen LogP contribution in [0.2, 0.25) is 5.02 Å². The number of ether oxygens (including phenoxy) is 2. The molecule has 26 heavy (non-hydrogen) atoms. The molecular formula is C19H19ClN2O4. The third-order valence-electron chi connectivity index (χ3n) is 4.66. The third-order valence-corrected chi connectivity index (χ3v) is 4.88. The first-order valence-electron chi connectivity index (χ1n) is 8.63. The van der Waals surface area contributed by atoms with Crippen LogP contribution in [0.5, 0.6) is 11.5 Å². The molecule has 0 spiro atoms. The van der Waals surface area contributed by atoms with Gasteiger partial charge in [0, 0.05) is 30.5 Å². The van der Waals surface area contributed by atoms with E-state index in [9.17, 15) is 9.90 Å². The average Bonchev–Trinajstić information content (AvgIpc) is 3.08. The topological polar surface area (TPSA) is 71.9 Å². The summed E-state index contributed by atoms with van der Waals surface area (Å²) in [5.74, 6) is 0.444. The van der Waals surface area contributed by atoms with Crippen molar-refractivity contribution < 1.29 is 19.4 Å². The van der Waals surface area contributed by atoms with Crippen molar-refractivity contribution in [3.8, 4) is 22.8 Å². The fraction of sp³-hybridized carbons (Fsp3) is 0.368. The Morgan fingerprint density at radius 2 is 2.19 bits per heavy atom. The summed E-state index contributed by atoms with van der Waals surface area (Å²) in [7, 11) is 0. The molecule has 1 fully saturated rings. The fourth-order valence-electron chi connectivity index (χ4n) is 3.36. The van der Waals surface area contributed by atoms with E-state index in [1.54, 1.807) is 29.3 Å². The number of fused-ring (bicyclic) bond motifs is 1. The van der Waals surface area contributed by atoms with Crippen molar-refractivity contribution in [2.75, 3.05) is 19.8 Å². The molecule has 7 heteroatoms.